The van der Waals surface area contributed by atoms with Crippen molar-refractivity contribution < 1.29 is 4.79 Å². The van der Waals surface area contributed by atoms with E-state index >= 15 is 0 Å². The van der Waals surface area contributed by atoms with Gasteiger partial charge in [-0.2, -0.15) is 0 Å². The Morgan fingerprint density at radius 1 is 1.36 bits per heavy atom. The highest BCUT2D eigenvalue weighted by Gasteiger charge is 2.23. The van der Waals surface area contributed by atoms with Crippen LogP contribution in [0.25, 0.3) is 10.2 Å². The standard InChI is InChI=1S/C21H22ClN3O2S/c1-12-2-7-15-16(10-12)28-21-19(15)20(27)24-17(25-21)8-9-18(26)23-11-13-3-5-14(22)6-4-13/h3-6,12H,2,7-11H2,1H3,(H,23,26)(H,24,25,27)/t12-/m0/s1. The minimum atomic E-state index is -0.0753. The monoisotopic (exact) mass is 415 g/mol. The van der Waals surface area contributed by atoms with Gasteiger partial charge in [-0.15, -0.1) is 11.3 Å². The third-order valence-corrected chi connectivity index (χ3v) is 6.61. The van der Waals surface area contributed by atoms with Gasteiger partial charge in [-0.1, -0.05) is 30.7 Å². The first-order valence-corrected chi connectivity index (χ1v) is 10.7. The van der Waals surface area contributed by atoms with Crippen LogP contribution in [-0.4, -0.2) is 15.9 Å². The molecule has 0 aliphatic heterocycles. The first-order chi connectivity index (χ1) is 13.5. The Hall–Kier alpha value is -2.18. The average Bonchev–Trinajstić information content (AvgIpc) is 3.03. The molecule has 0 unspecified atom stereocenters. The second-order valence-corrected chi connectivity index (χ2v) is 8.97. The van der Waals surface area contributed by atoms with Crippen molar-refractivity contribution in [1.82, 2.24) is 15.3 Å². The number of benzene rings is 1. The van der Waals surface area contributed by atoms with Crippen molar-refractivity contribution in [2.24, 2.45) is 5.92 Å². The van der Waals surface area contributed by atoms with Crippen LogP contribution in [0.2, 0.25) is 5.02 Å². The summed E-state index contributed by atoms with van der Waals surface area (Å²) in [6.45, 7) is 2.70. The summed E-state index contributed by atoms with van der Waals surface area (Å²) in [5.74, 6) is 1.16. The number of aryl methyl sites for hydroxylation is 2. The van der Waals surface area contributed by atoms with Crippen LogP contribution in [0.4, 0.5) is 0 Å². The highest BCUT2D eigenvalue weighted by Crippen LogP contribution is 2.35. The maximum atomic E-state index is 12.6. The fraction of sp³-hybridized carbons (Fsp3) is 0.381. The lowest BCUT2D eigenvalue weighted by atomic mass is 9.89. The van der Waals surface area contributed by atoms with E-state index in [9.17, 15) is 9.59 Å². The van der Waals surface area contributed by atoms with E-state index in [0.717, 1.165) is 35.0 Å². The number of nitrogens with zero attached hydrogens (tertiary/aromatic N) is 1. The maximum Gasteiger partial charge on any atom is 0.259 e. The average molecular weight is 416 g/mol. The zero-order valence-corrected chi connectivity index (χ0v) is 17.3. The van der Waals surface area contributed by atoms with E-state index in [0.29, 0.717) is 29.7 Å². The van der Waals surface area contributed by atoms with E-state index in [2.05, 4.69) is 22.2 Å². The third-order valence-electron chi connectivity index (χ3n) is 5.21. The first kappa shape index (κ1) is 19.2. The molecule has 3 aromatic rings. The molecule has 1 atom stereocenters. The van der Waals surface area contributed by atoms with Gasteiger partial charge in [0, 0.05) is 29.3 Å². The molecule has 146 valence electrons. The highest BCUT2D eigenvalue weighted by molar-refractivity contribution is 7.18. The molecule has 1 aliphatic carbocycles. The second-order valence-electron chi connectivity index (χ2n) is 7.45. The Morgan fingerprint density at radius 3 is 2.93 bits per heavy atom. The normalized spacial score (nSPS) is 16.1. The number of amides is 1. The molecule has 0 fully saturated rings. The minimum Gasteiger partial charge on any atom is -0.352 e. The molecule has 0 bridgehead atoms. The van der Waals surface area contributed by atoms with Crippen molar-refractivity contribution in [3.63, 3.8) is 0 Å². The van der Waals surface area contributed by atoms with Gasteiger partial charge in [0.15, 0.2) is 0 Å². The summed E-state index contributed by atoms with van der Waals surface area (Å²) in [6.07, 6.45) is 3.79. The Labute approximate surface area is 172 Å². The number of hydrogen-bond donors (Lipinski definition) is 2. The predicted molar refractivity (Wildman–Crippen MR) is 113 cm³/mol. The van der Waals surface area contributed by atoms with E-state index in [1.165, 1.54) is 10.4 Å². The Morgan fingerprint density at radius 2 is 2.14 bits per heavy atom. The molecule has 2 heterocycles. The summed E-state index contributed by atoms with van der Waals surface area (Å²) >= 11 is 7.50. The fourth-order valence-corrected chi connectivity index (χ4v) is 5.16. The largest absolute Gasteiger partial charge is 0.352 e. The van der Waals surface area contributed by atoms with E-state index in [4.69, 9.17) is 11.6 Å². The van der Waals surface area contributed by atoms with E-state index < -0.39 is 0 Å². The van der Waals surface area contributed by atoms with E-state index in [1.807, 2.05) is 12.1 Å². The lowest BCUT2D eigenvalue weighted by molar-refractivity contribution is -0.121. The Kier molecular flexibility index (Phi) is 5.51. The molecule has 0 saturated heterocycles. The molecule has 1 amide bonds. The SMILES string of the molecule is C[C@H]1CCc2c(sc3nc(CCC(=O)NCc4ccc(Cl)cc4)[nH]c(=O)c23)C1. The molecule has 0 saturated carbocycles. The van der Waals surface area contributed by atoms with Crippen LogP contribution in [0.1, 0.15) is 41.6 Å². The summed E-state index contributed by atoms with van der Waals surface area (Å²) in [6, 6.07) is 7.37. The number of thiophene rings is 1. The summed E-state index contributed by atoms with van der Waals surface area (Å²) in [7, 11) is 0. The molecule has 1 aromatic carbocycles. The second kappa shape index (κ2) is 8.05. The van der Waals surface area contributed by atoms with Crippen LogP contribution in [0.5, 0.6) is 0 Å². The molecule has 7 heteroatoms. The quantitative estimate of drug-likeness (QED) is 0.661. The molecule has 28 heavy (non-hydrogen) atoms. The Balaban J connectivity index is 1.41. The summed E-state index contributed by atoms with van der Waals surface area (Å²) in [5.41, 5.74) is 2.09. The van der Waals surface area contributed by atoms with Crippen molar-refractivity contribution in [1.29, 1.82) is 0 Å². The lowest BCUT2D eigenvalue weighted by Crippen LogP contribution is -2.23. The van der Waals surface area contributed by atoms with Crippen LogP contribution in [0.3, 0.4) is 0 Å². The molecule has 2 aromatic heterocycles. The smallest absolute Gasteiger partial charge is 0.259 e. The van der Waals surface area contributed by atoms with Gasteiger partial charge in [0.2, 0.25) is 5.91 Å². The number of carbonyl (C=O) groups is 1. The molecule has 4 rings (SSSR count). The molecular weight excluding hydrogens is 394 g/mol. The minimum absolute atomic E-state index is 0.0722. The molecule has 0 spiro atoms. The van der Waals surface area contributed by atoms with Crippen LogP contribution >= 0.6 is 22.9 Å². The van der Waals surface area contributed by atoms with Gasteiger partial charge in [-0.3, -0.25) is 9.59 Å². The highest BCUT2D eigenvalue weighted by atomic mass is 35.5. The van der Waals surface area contributed by atoms with Gasteiger partial charge in [0.25, 0.3) is 5.56 Å². The first-order valence-electron chi connectivity index (χ1n) is 9.54. The summed E-state index contributed by atoms with van der Waals surface area (Å²) in [5, 5.41) is 4.31. The van der Waals surface area contributed by atoms with Crippen LogP contribution < -0.4 is 10.9 Å². The van der Waals surface area contributed by atoms with Gasteiger partial charge < -0.3 is 10.3 Å². The summed E-state index contributed by atoms with van der Waals surface area (Å²) in [4.78, 5) is 34.4. The third kappa shape index (κ3) is 4.13. The van der Waals surface area contributed by atoms with Gasteiger partial charge >= 0.3 is 0 Å². The zero-order valence-electron chi connectivity index (χ0n) is 15.7. The fourth-order valence-electron chi connectivity index (χ4n) is 3.63. The van der Waals surface area contributed by atoms with Crippen LogP contribution in [0.15, 0.2) is 29.1 Å². The number of halogens is 1. The van der Waals surface area contributed by atoms with Crippen molar-refractivity contribution in [3.8, 4) is 0 Å². The van der Waals surface area contributed by atoms with E-state index in [1.54, 1.807) is 23.5 Å². The van der Waals surface area contributed by atoms with Crippen molar-refractivity contribution in [3.05, 3.63) is 61.5 Å². The number of fused-ring (bicyclic) bond motifs is 3. The van der Waals surface area contributed by atoms with Crippen molar-refractivity contribution in [2.75, 3.05) is 0 Å². The number of aromatic nitrogens is 2. The van der Waals surface area contributed by atoms with Crippen LogP contribution in [0, 0.1) is 5.92 Å². The van der Waals surface area contributed by atoms with Crippen molar-refractivity contribution >= 4 is 39.1 Å². The maximum absolute atomic E-state index is 12.6. The molecule has 0 radical (unpaired) electrons. The lowest BCUT2D eigenvalue weighted by Gasteiger charge is -2.17. The van der Waals surface area contributed by atoms with Gasteiger partial charge in [-0.25, -0.2) is 4.98 Å². The Bertz CT molecular complexity index is 1070. The number of rotatable bonds is 5. The molecule has 1 aliphatic rings. The predicted octanol–water partition coefficient (Wildman–Crippen LogP) is 4.01. The van der Waals surface area contributed by atoms with Gasteiger partial charge in [0.05, 0.1) is 5.39 Å². The van der Waals surface area contributed by atoms with Gasteiger partial charge in [-0.05, 0) is 48.4 Å². The summed E-state index contributed by atoms with van der Waals surface area (Å²) < 4.78 is 0. The molecular formula is C21H22ClN3O2S. The number of aromatic amines is 1. The van der Waals surface area contributed by atoms with E-state index in [-0.39, 0.29) is 17.9 Å². The molecule has 5 nitrogen and oxygen atoms in total. The zero-order chi connectivity index (χ0) is 19.7. The number of nitrogens with one attached hydrogen (secondary N) is 2. The topological polar surface area (TPSA) is 74.8 Å². The number of carbonyl (C=O) groups excluding carboxylic acids is 1. The van der Waals surface area contributed by atoms with Crippen molar-refractivity contribution in [2.45, 2.75) is 45.6 Å². The molecule has 2 N–H and O–H groups in total. The number of H-pyrrole nitrogens is 1. The number of hydrogen-bond acceptors (Lipinski definition) is 4. The van der Waals surface area contributed by atoms with Gasteiger partial charge in [0.1, 0.15) is 10.7 Å². The van der Waals surface area contributed by atoms with Crippen LogP contribution in [-0.2, 0) is 30.6 Å².